The van der Waals surface area contributed by atoms with Gasteiger partial charge in [0.1, 0.15) is 11.5 Å². The Hall–Kier alpha value is -2.13. The van der Waals surface area contributed by atoms with Gasteiger partial charge in [0.05, 0.1) is 5.56 Å². The second kappa shape index (κ2) is 7.63. The topological polar surface area (TPSA) is 47.6 Å². The quantitative estimate of drug-likeness (QED) is 0.788. The van der Waals surface area contributed by atoms with Crippen molar-refractivity contribution in [2.75, 3.05) is 13.2 Å². The van der Waals surface area contributed by atoms with E-state index in [4.69, 9.17) is 0 Å². The highest BCUT2D eigenvalue weighted by atomic mass is 19.4. The van der Waals surface area contributed by atoms with Gasteiger partial charge in [-0.05, 0) is 32.0 Å². The third kappa shape index (κ3) is 7.42. The van der Waals surface area contributed by atoms with Crippen molar-refractivity contribution in [2.45, 2.75) is 32.2 Å². The lowest BCUT2D eigenvalue weighted by molar-refractivity contribution is -0.154. The molecule has 0 aliphatic heterocycles. The van der Waals surface area contributed by atoms with Gasteiger partial charge >= 0.3 is 12.4 Å². The van der Waals surface area contributed by atoms with Crippen LogP contribution in [0.2, 0.25) is 0 Å². The summed E-state index contributed by atoms with van der Waals surface area (Å²) >= 11 is 0. The number of carbonyl (C=O) groups excluding carboxylic acids is 1. The lowest BCUT2D eigenvalue weighted by atomic mass is 10.1. The number of carbonyl (C=O) groups is 1. The molecule has 1 N–H and O–H groups in total. The number of hydrogen-bond acceptors (Lipinski definition) is 3. The number of amides is 1. The Balaban J connectivity index is 3.02. The summed E-state index contributed by atoms with van der Waals surface area (Å²) in [7, 11) is 0. The largest absolute Gasteiger partial charge is 0.484 e. The van der Waals surface area contributed by atoms with Crippen molar-refractivity contribution in [3.63, 3.8) is 0 Å². The molecule has 10 heteroatoms. The van der Waals surface area contributed by atoms with Gasteiger partial charge in [0.15, 0.2) is 13.2 Å². The highest BCUT2D eigenvalue weighted by Crippen LogP contribution is 2.27. The molecule has 0 spiro atoms. The Morgan fingerprint density at radius 3 is 2.08 bits per heavy atom. The van der Waals surface area contributed by atoms with Crippen LogP contribution in [0.15, 0.2) is 18.2 Å². The van der Waals surface area contributed by atoms with Gasteiger partial charge in [-0.3, -0.25) is 4.79 Å². The summed E-state index contributed by atoms with van der Waals surface area (Å²) in [5.41, 5.74) is -0.354. The van der Waals surface area contributed by atoms with E-state index < -0.39 is 37.2 Å². The summed E-state index contributed by atoms with van der Waals surface area (Å²) < 4.78 is 82.2. The fourth-order valence-electron chi connectivity index (χ4n) is 1.57. The smallest absolute Gasteiger partial charge is 0.422 e. The maximum absolute atomic E-state index is 12.2. The highest BCUT2D eigenvalue weighted by Gasteiger charge is 2.30. The minimum Gasteiger partial charge on any atom is -0.484 e. The first-order valence-electron chi connectivity index (χ1n) is 6.71. The third-order valence-electron chi connectivity index (χ3n) is 2.41. The van der Waals surface area contributed by atoms with Crippen molar-refractivity contribution in [1.29, 1.82) is 0 Å². The molecule has 0 aliphatic carbocycles. The standard InChI is InChI=1S/C14H15F6NO3/c1-8(2)21-12(22)10-5-9(23-6-13(15,16)17)3-4-11(10)24-7-14(18,19)20/h3-5,8H,6-7H2,1-2H3,(H,21,22). The van der Waals surface area contributed by atoms with E-state index in [1.165, 1.54) is 0 Å². The number of halogens is 6. The Morgan fingerprint density at radius 1 is 1.04 bits per heavy atom. The fraction of sp³-hybridized carbons (Fsp3) is 0.500. The summed E-state index contributed by atoms with van der Waals surface area (Å²) in [6.45, 7) is -0.0188. The van der Waals surface area contributed by atoms with Crippen LogP contribution in [-0.2, 0) is 0 Å². The molecule has 0 heterocycles. The van der Waals surface area contributed by atoms with E-state index >= 15 is 0 Å². The minimum atomic E-state index is -4.63. The van der Waals surface area contributed by atoms with Crippen LogP contribution in [0.1, 0.15) is 24.2 Å². The van der Waals surface area contributed by atoms with E-state index in [0.717, 1.165) is 18.2 Å². The van der Waals surface area contributed by atoms with Crippen LogP contribution < -0.4 is 14.8 Å². The van der Waals surface area contributed by atoms with Crippen LogP contribution in [0.25, 0.3) is 0 Å². The predicted octanol–water partition coefficient (Wildman–Crippen LogP) is 3.71. The molecule has 0 fully saturated rings. The average Bonchev–Trinajstić information content (AvgIpc) is 2.40. The van der Waals surface area contributed by atoms with Crippen molar-refractivity contribution in [3.8, 4) is 11.5 Å². The molecule has 1 amide bonds. The zero-order valence-electron chi connectivity index (χ0n) is 12.7. The van der Waals surface area contributed by atoms with Gasteiger partial charge in [0, 0.05) is 6.04 Å². The average molecular weight is 359 g/mol. The summed E-state index contributed by atoms with van der Waals surface area (Å²) in [4.78, 5) is 12.0. The molecule has 24 heavy (non-hydrogen) atoms. The first-order chi connectivity index (χ1) is 10.9. The SMILES string of the molecule is CC(C)NC(=O)c1cc(OCC(F)(F)F)ccc1OCC(F)(F)F. The Bertz CT molecular complexity index is 569. The van der Waals surface area contributed by atoms with Crippen molar-refractivity contribution in [1.82, 2.24) is 5.32 Å². The molecule has 0 aromatic heterocycles. The molecule has 0 unspecified atom stereocenters. The zero-order valence-corrected chi connectivity index (χ0v) is 12.7. The fourth-order valence-corrected chi connectivity index (χ4v) is 1.57. The molecular weight excluding hydrogens is 344 g/mol. The van der Waals surface area contributed by atoms with Crippen LogP contribution >= 0.6 is 0 Å². The van der Waals surface area contributed by atoms with Crippen LogP contribution in [0.4, 0.5) is 26.3 Å². The van der Waals surface area contributed by atoms with Gasteiger partial charge in [-0.1, -0.05) is 0 Å². The Kier molecular flexibility index (Phi) is 6.33. The number of benzene rings is 1. The van der Waals surface area contributed by atoms with E-state index in [1.807, 2.05) is 0 Å². The van der Waals surface area contributed by atoms with E-state index in [0.29, 0.717) is 0 Å². The highest BCUT2D eigenvalue weighted by molar-refractivity contribution is 5.97. The van der Waals surface area contributed by atoms with E-state index in [9.17, 15) is 31.1 Å². The number of rotatable bonds is 6. The monoisotopic (exact) mass is 359 g/mol. The van der Waals surface area contributed by atoms with Gasteiger partial charge in [-0.2, -0.15) is 26.3 Å². The normalized spacial score (nSPS) is 12.2. The van der Waals surface area contributed by atoms with Gasteiger partial charge in [-0.25, -0.2) is 0 Å². The van der Waals surface area contributed by atoms with Crippen LogP contribution in [-0.4, -0.2) is 37.5 Å². The van der Waals surface area contributed by atoms with Crippen LogP contribution in [0.3, 0.4) is 0 Å². The number of hydrogen-bond donors (Lipinski definition) is 1. The Labute approximate surface area is 133 Å². The molecule has 1 aromatic carbocycles. The molecule has 1 rings (SSSR count). The van der Waals surface area contributed by atoms with Gasteiger partial charge in [0.2, 0.25) is 0 Å². The van der Waals surface area contributed by atoms with E-state index in [2.05, 4.69) is 14.8 Å². The molecule has 0 saturated carbocycles. The summed E-state index contributed by atoms with van der Waals surface area (Å²) in [6, 6.07) is 2.50. The van der Waals surface area contributed by atoms with Crippen molar-refractivity contribution >= 4 is 5.91 Å². The second-order valence-electron chi connectivity index (χ2n) is 5.09. The minimum absolute atomic E-state index is 0.319. The molecule has 136 valence electrons. The molecule has 0 saturated heterocycles. The van der Waals surface area contributed by atoms with Crippen molar-refractivity contribution in [2.24, 2.45) is 0 Å². The molecule has 0 radical (unpaired) electrons. The lowest BCUT2D eigenvalue weighted by Gasteiger charge is -2.16. The van der Waals surface area contributed by atoms with E-state index in [1.54, 1.807) is 13.8 Å². The Morgan fingerprint density at radius 2 is 1.58 bits per heavy atom. The maximum Gasteiger partial charge on any atom is 0.422 e. The molecule has 0 bridgehead atoms. The number of alkyl halides is 6. The third-order valence-corrected chi connectivity index (χ3v) is 2.41. The summed E-state index contributed by atoms with van der Waals surface area (Å²) in [5.74, 6) is -1.52. The molecule has 0 atom stereocenters. The van der Waals surface area contributed by atoms with Crippen molar-refractivity contribution < 1.29 is 40.6 Å². The summed E-state index contributed by atoms with van der Waals surface area (Å²) in [6.07, 6.45) is -9.22. The first-order valence-corrected chi connectivity index (χ1v) is 6.71. The van der Waals surface area contributed by atoms with Crippen LogP contribution in [0.5, 0.6) is 11.5 Å². The second-order valence-corrected chi connectivity index (χ2v) is 5.09. The predicted molar refractivity (Wildman–Crippen MR) is 72.1 cm³/mol. The van der Waals surface area contributed by atoms with Crippen LogP contribution in [0, 0.1) is 0 Å². The van der Waals surface area contributed by atoms with Gasteiger partial charge in [0.25, 0.3) is 5.91 Å². The zero-order chi connectivity index (χ0) is 18.5. The number of ether oxygens (including phenoxy) is 2. The van der Waals surface area contributed by atoms with Gasteiger partial charge < -0.3 is 14.8 Å². The molecule has 0 aliphatic rings. The van der Waals surface area contributed by atoms with Gasteiger partial charge in [-0.15, -0.1) is 0 Å². The van der Waals surface area contributed by atoms with E-state index in [-0.39, 0.29) is 17.4 Å². The lowest BCUT2D eigenvalue weighted by Crippen LogP contribution is -2.31. The maximum atomic E-state index is 12.2. The molecular formula is C14H15F6NO3. The summed E-state index contributed by atoms with van der Waals surface area (Å²) in [5, 5.41) is 2.42. The van der Waals surface area contributed by atoms with Crippen molar-refractivity contribution in [3.05, 3.63) is 23.8 Å². The molecule has 4 nitrogen and oxygen atoms in total. The number of nitrogens with one attached hydrogen (secondary N) is 1. The molecule has 1 aromatic rings. The first kappa shape index (κ1) is 19.9.